The number of aromatic nitrogens is 2. The van der Waals surface area contributed by atoms with Crippen molar-refractivity contribution >= 4 is 28.5 Å². The van der Waals surface area contributed by atoms with Gasteiger partial charge in [0.1, 0.15) is 0 Å². The second kappa shape index (κ2) is 10.2. The number of carbonyl (C=O) groups is 1. The molecule has 0 saturated heterocycles. The van der Waals surface area contributed by atoms with E-state index in [1.165, 1.54) is 0 Å². The highest BCUT2D eigenvalue weighted by atomic mass is 35.5. The molecule has 0 saturated carbocycles. The topological polar surface area (TPSA) is 72.0 Å². The normalized spacial score (nSPS) is 10.9. The van der Waals surface area contributed by atoms with Gasteiger partial charge in [-0.1, -0.05) is 66.2 Å². The average molecular weight is 495 g/mol. The molecule has 0 aliphatic carbocycles. The SMILES string of the molecule is CCOC(=O)Cc1cccc(-c2cc3cc(-c4ccc(-c5cccnc5)cc4)c(Cl)cc3[nH]c2=O)c1. The molecule has 0 amide bonds. The predicted molar refractivity (Wildman–Crippen MR) is 144 cm³/mol. The lowest BCUT2D eigenvalue weighted by atomic mass is 9.98. The number of hydrogen-bond acceptors (Lipinski definition) is 4. The van der Waals surface area contributed by atoms with Crippen LogP contribution in [0.25, 0.3) is 44.3 Å². The minimum absolute atomic E-state index is 0.155. The largest absolute Gasteiger partial charge is 0.466 e. The van der Waals surface area contributed by atoms with Crippen molar-refractivity contribution in [1.29, 1.82) is 0 Å². The van der Waals surface area contributed by atoms with E-state index in [9.17, 15) is 9.59 Å². The zero-order chi connectivity index (χ0) is 25.1. The van der Waals surface area contributed by atoms with E-state index >= 15 is 0 Å². The van der Waals surface area contributed by atoms with Gasteiger partial charge < -0.3 is 9.72 Å². The number of nitrogens with zero attached hydrogens (tertiary/aromatic N) is 1. The van der Waals surface area contributed by atoms with Crippen molar-refractivity contribution in [3.63, 3.8) is 0 Å². The number of nitrogens with one attached hydrogen (secondary N) is 1. The summed E-state index contributed by atoms with van der Waals surface area (Å²) in [4.78, 5) is 31.9. The van der Waals surface area contributed by atoms with Gasteiger partial charge in [0.15, 0.2) is 0 Å². The van der Waals surface area contributed by atoms with E-state index in [-0.39, 0.29) is 17.9 Å². The van der Waals surface area contributed by atoms with E-state index in [1.54, 1.807) is 19.2 Å². The fourth-order valence-corrected chi connectivity index (χ4v) is 4.54. The minimum atomic E-state index is -0.295. The molecule has 0 fully saturated rings. The Labute approximate surface area is 213 Å². The van der Waals surface area contributed by atoms with E-state index in [1.807, 2.05) is 79.0 Å². The molecule has 6 heteroatoms. The van der Waals surface area contributed by atoms with Gasteiger partial charge in [-0.05, 0) is 64.4 Å². The fourth-order valence-electron chi connectivity index (χ4n) is 4.27. The highest BCUT2D eigenvalue weighted by Gasteiger charge is 2.12. The summed E-state index contributed by atoms with van der Waals surface area (Å²) in [6.45, 7) is 2.11. The van der Waals surface area contributed by atoms with Crippen LogP contribution in [0, 0.1) is 0 Å². The van der Waals surface area contributed by atoms with Crippen LogP contribution in [0.4, 0.5) is 0 Å². The molecular weight excluding hydrogens is 472 g/mol. The van der Waals surface area contributed by atoms with E-state index in [0.717, 1.165) is 38.8 Å². The Morgan fingerprint density at radius 2 is 1.64 bits per heavy atom. The quantitative estimate of drug-likeness (QED) is 0.267. The van der Waals surface area contributed by atoms with Gasteiger partial charge in [0, 0.05) is 29.0 Å². The highest BCUT2D eigenvalue weighted by molar-refractivity contribution is 6.34. The molecule has 2 aromatic heterocycles. The van der Waals surface area contributed by atoms with Crippen molar-refractivity contribution in [2.24, 2.45) is 0 Å². The molecule has 5 aromatic rings. The summed E-state index contributed by atoms with van der Waals surface area (Å²) < 4.78 is 5.05. The van der Waals surface area contributed by atoms with Gasteiger partial charge in [0.2, 0.25) is 0 Å². The number of esters is 1. The molecular formula is C30H23ClN2O3. The Morgan fingerprint density at radius 3 is 2.39 bits per heavy atom. The van der Waals surface area contributed by atoms with Crippen LogP contribution in [0.1, 0.15) is 12.5 Å². The van der Waals surface area contributed by atoms with Crippen LogP contribution in [-0.2, 0) is 16.0 Å². The molecule has 0 unspecified atom stereocenters. The summed E-state index contributed by atoms with van der Waals surface area (Å²) in [5.41, 5.74) is 6.43. The Hall–Kier alpha value is -4.22. The van der Waals surface area contributed by atoms with Crippen LogP contribution in [0.3, 0.4) is 0 Å². The third-order valence-electron chi connectivity index (χ3n) is 6.01. The van der Waals surface area contributed by atoms with Gasteiger partial charge in [-0.3, -0.25) is 14.6 Å². The van der Waals surface area contributed by atoms with Crippen LogP contribution < -0.4 is 5.56 Å². The zero-order valence-electron chi connectivity index (χ0n) is 19.6. The van der Waals surface area contributed by atoms with Crippen LogP contribution in [0.15, 0.2) is 96.1 Å². The van der Waals surface area contributed by atoms with Crippen molar-refractivity contribution in [2.75, 3.05) is 6.61 Å². The number of hydrogen-bond donors (Lipinski definition) is 1. The summed E-state index contributed by atoms with van der Waals surface area (Å²) in [7, 11) is 0. The summed E-state index contributed by atoms with van der Waals surface area (Å²) in [5.74, 6) is -0.295. The molecule has 0 bridgehead atoms. The lowest BCUT2D eigenvalue weighted by molar-refractivity contribution is -0.142. The number of pyridine rings is 2. The number of rotatable bonds is 6. The molecule has 0 aliphatic heterocycles. The van der Waals surface area contributed by atoms with Crippen molar-refractivity contribution in [1.82, 2.24) is 9.97 Å². The molecule has 1 N–H and O–H groups in total. The molecule has 0 atom stereocenters. The number of ether oxygens (including phenoxy) is 1. The average Bonchev–Trinajstić information content (AvgIpc) is 2.89. The maximum absolute atomic E-state index is 12.9. The first-order chi connectivity index (χ1) is 17.5. The molecule has 0 spiro atoms. The summed E-state index contributed by atoms with van der Waals surface area (Å²) in [6.07, 6.45) is 3.74. The van der Waals surface area contributed by atoms with Gasteiger partial charge in [-0.2, -0.15) is 0 Å². The first kappa shape index (κ1) is 23.5. The van der Waals surface area contributed by atoms with Crippen LogP contribution in [0.5, 0.6) is 0 Å². The number of fused-ring (bicyclic) bond motifs is 1. The second-order valence-electron chi connectivity index (χ2n) is 8.43. The van der Waals surface area contributed by atoms with Crippen molar-refractivity contribution in [3.05, 3.63) is 112 Å². The molecule has 178 valence electrons. The van der Waals surface area contributed by atoms with E-state index in [2.05, 4.69) is 9.97 Å². The fraction of sp³-hybridized carbons (Fsp3) is 0.100. The van der Waals surface area contributed by atoms with Crippen molar-refractivity contribution < 1.29 is 9.53 Å². The monoisotopic (exact) mass is 494 g/mol. The molecule has 0 aliphatic rings. The summed E-state index contributed by atoms with van der Waals surface area (Å²) in [5, 5.41) is 1.41. The highest BCUT2D eigenvalue weighted by Crippen LogP contribution is 2.33. The van der Waals surface area contributed by atoms with Gasteiger partial charge in [-0.15, -0.1) is 0 Å². The number of benzene rings is 3. The lowest BCUT2D eigenvalue weighted by Crippen LogP contribution is -2.10. The van der Waals surface area contributed by atoms with Crippen LogP contribution in [0.2, 0.25) is 5.02 Å². The first-order valence-corrected chi connectivity index (χ1v) is 12.0. The number of H-pyrrole nitrogens is 1. The third kappa shape index (κ3) is 4.92. The molecule has 36 heavy (non-hydrogen) atoms. The molecule has 5 rings (SSSR count). The Kier molecular flexibility index (Phi) is 6.65. The van der Waals surface area contributed by atoms with Crippen LogP contribution in [-0.4, -0.2) is 22.5 Å². The van der Waals surface area contributed by atoms with E-state index in [0.29, 0.717) is 22.7 Å². The predicted octanol–water partition coefficient (Wildman–Crippen LogP) is 6.68. The molecule has 2 heterocycles. The maximum atomic E-state index is 12.9. The van der Waals surface area contributed by atoms with E-state index < -0.39 is 0 Å². The number of halogens is 1. The Balaban J connectivity index is 1.52. The van der Waals surface area contributed by atoms with Crippen molar-refractivity contribution in [2.45, 2.75) is 13.3 Å². The van der Waals surface area contributed by atoms with Crippen molar-refractivity contribution in [3.8, 4) is 33.4 Å². The third-order valence-corrected chi connectivity index (χ3v) is 6.33. The number of carbonyl (C=O) groups excluding carboxylic acids is 1. The van der Waals surface area contributed by atoms with Gasteiger partial charge in [0.25, 0.3) is 5.56 Å². The Morgan fingerprint density at radius 1 is 0.889 bits per heavy atom. The second-order valence-corrected chi connectivity index (χ2v) is 8.84. The molecule has 0 radical (unpaired) electrons. The zero-order valence-corrected chi connectivity index (χ0v) is 20.4. The maximum Gasteiger partial charge on any atom is 0.310 e. The van der Waals surface area contributed by atoms with Crippen LogP contribution >= 0.6 is 11.6 Å². The Bertz CT molecular complexity index is 1610. The standard InChI is InChI=1S/C30H23ClN2O3/c1-2-36-29(34)14-19-5-3-6-22(13-19)26-16-24-15-25(27(31)17-28(24)33-30(26)35)21-10-8-20(9-11-21)23-7-4-12-32-18-23/h3-13,15-18H,2,14H2,1H3,(H,33,35). The molecule has 3 aromatic carbocycles. The first-order valence-electron chi connectivity index (χ1n) is 11.6. The molecule has 5 nitrogen and oxygen atoms in total. The van der Waals surface area contributed by atoms with Gasteiger partial charge >= 0.3 is 5.97 Å². The minimum Gasteiger partial charge on any atom is -0.466 e. The van der Waals surface area contributed by atoms with E-state index in [4.69, 9.17) is 16.3 Å². The summed E-state index contributed by atoms with van der Waals surface area (Å²) >= 11 is 6.62. The number of aromatic amines is 1. The lowest BCUT2D eigenvalue weighted by Gasteiger charge is -2.10. The smallest absolute Gasteiger partial charge is 0.310 e. The van der Waals surface area contributed by atoms with Gasteiger partial charge in [-0.25, -0.2) is 0 Å². The van der Waals surface area contributed by atoms with Gasteiger partial charge in [0.05, 0.1) is 18.1 Å². The summed E-state index contributed by atoms with van der Waals surface area (Å²) in [6, 6.07) is 25.1.